The number of halogens is 1. The zero-order chi connectivity index (χ0) is 24.2. The number of hydrogen-bond acceptors (Lipinski definition) is 6. The highest BCUT2D eigenvalue weighted by Crippen LogP contribution is 2.26. The molecular formula is C23H28ClN3O5S. The van der Waals surface area contributed by atoms with Crippen molar-refractivity contribution in [3.05, 3.63) is 58.6 Å². The van der Waals surface area contributed by atoms with E-state index in [0.717, 1.165) is 24.1 Å². The van der Waals surface area contributed by atoms with E-state index in [0.29, 0.717) is 19.6 Å². The molecule has 2 aromatic carbocycles. The van der Waals surface area contributed by atoms with Gasteiger partial charge in [-0.15, -0.1) is 0 Å². The number of carbonyl (C=O) groups excluding carboxylic acids is 2. The number of hydrogen-bond donors (Lipinski definition) is 0. The van der Waals surface area contributed by atoms with E-state index in [9.17, 15) is 18.0 Å². The van der Waals surface area contributed by atoms with Gasteiger partial charge in [0.25, 0.3) is 5.91 Å². The molecule has 178 valence electrons. The van der Waals surface area contributed by atoms with Crippen molar-refractivity contribution in [2.24, 2.45) is 0 Å². The van der Waals surface area contributed by atoms with Gasteiger partial charge in [-0.1, -0.05) is 23.7 Å². The Kier molecular flexibility index (Phi) is 7.99. The number of esters is 1. The Bertz CT molecular complexity index is 1110. The van der Waals surface area contributed by atoms with E-state index in [1.807, 2.05) is 43.3 Å². The van der Waals surface area contributed by atoms with E-state index in [4.69, 9.17) is 16.3 Å². The van der Waals surface area contributed by atoms with Crippen molar-refractivity contribution < 1.29 is 22.7 Å². The Balaban J connectivity index is 1.62. The van der Waals surface area contributed by atoms with E-state index in [2.05, 4.69) is 0 Å². The average Bonchev–Trinajstić information content (AvgIpc) is 3.33. The smallest absolute Gasteiger partial charge is 0.340 e. The molecular weight excluding hydrogens is 466 g/mol. The highest BCUT2D eigenvalue weighted by atomic mass is 35.5. The molecule has 1 amide bonds. The minimum absolute atomic E-state index is 0.0228. The summed E-state index contributed by atoms with van der Waals surface area (Å²) in [5, 5.41) is 0.0576. The number of sulfonamides is 1. The fraction of sp³-hybridized carbons (Fsp3) is 0.391. The summed E-state index contributed by atoms with van der Waals surface area (Å²) in [7, 11) is 1.80. The normalized spacial score (nSPS) is 14.2. The zero-order valence-corrected chi connectivity index (χ0v) is 20.5. The molecule has 2 aromatic rings. The maximum atomic E-state index is 12.8. The monoisotopic (exact) mass is 493 g/mol. The van der Waals surface area contributed by atoms with Gasteiger partial charge in [0.2, 0.25) is 10.0 Å². The molecule has 0 aliphatic carbocycles. The van der Waals surface area contributed by atoms with Crippen LogP contribution in [-0.2, 0) is 26.1 Å². The molecule has 1 aliphatic heterocycles. The van der Waals surface area contributed by atoms with E-state index in [1.54, 1.807) is 7.05 Å². The number of amides is 1. The van der Waals surface area contributed by atoms with Crippen LogP contribution in [0.25, 0.3) is 0 Å². The molecule has 0 aromatic heterocycles. The van der Waals surface area contributed by atoms with Gasteiger partial charge in [0.15, 0.2) is 6.61 Å². The van der Waals surface area contributed by atoms with E-state index < -0.39 is 28.5 Å². The number of rotatable bonds is 8. The molecule has 1 fully saturated rings. The van der Waals surface area contributed by atoms with Crippen LogP contribution >= 0.6 is 11.6 Å². The molecule has 0 atom stereocenters. The Morgan fingerprint density at radius 2 is 1.67 bits per heavy atom. The van der Waals surface area contributed by atoms with Crippen molar-refractivity contribution in [3.63, 3.8) is 0 Å². The highest BCUT2D eigenvalue weighted by molar-refractivity contribution is 7.89. The van der Waals surface area contributed by atoms with Crippen molar-refractivity contribution in [2.75, 3.05) is 45.7 Å². The van der Waals surface area contributed by atoms with E-state index in [-0.39, 0.29) is 15.5 Å². The molecule has 0 bridgehead atoms. The molecule has 10 heteroatoms. The van der Waals surface area contributed by atoms with Crippen LogP contribution in [0, 0.1) is 0 Å². The second kappa shape index (κ2) is 10.5. The van der Waals surface area contributed by atoms with Crippen molar-refractivity contribution in [1.82, 2.24) is 9.21 Å². The minimum atomic E-state index is -3.71. The molecule has 1 saturated heterocycles. The number of benzene rings is 2. The maximum absolute atomic E-state index is 12.8. The van der Waals surface area contributed by atoms with Gasteiger partial charge in [0, 0.05) is 46.5 Å². The molecule has 0 saturated carbocycles. The Morgan fingerprint density at radius 3 is 2.27 bits per heavy atom. The van der Waals surface area contributed by atoms with E-state index >= 15 is 0 Å². The number of anilines is 1. The van der Waals surface area contributed by atoms with E-state index in [1.165, 1.54) is 27.4 Å². The quantitative estimate of drug-likeness (QED) is 0.525. The SMILES string of the molecule is CN(Cc1ccc(N(C)C)cc1)C(=O)COC(=O)c1cc(S(=O)(=O)N2CCCC2)ccc1Cl. The zero-order valence-electron chi connectivity index (χ0n) is 19.0. The second-order valence-electron chi connectivity index (χ2n) is 8.14. The number of ether oxygens (including phenoxy) is 1. The first-order chi connectivity index (χ1) is 15.6. The van der Waals surface area contributed by atoms with Gasteiger partial charge in [-0.3, -0.25) is 4.79 Å². The van der Waals surface area contributed by atoms with Gasteiger partial charge in [-0.2, -0.15) is 4.31 Å². The third-order valence-electron chi connectivity index (χ3n) is 5.49. The average molecular weight is 494 g/mol. The van der Waals surface area contributed by atoms with Crippen molar-refractivity contribution in [2.45, 2.75) is 24.3 Å². The summed E-state index contributed by atoms with van der Waals surface area (Å²) in [4.78, 5) is 28.4. The summed E-state index contributed by atoms with van der Waals surface area (Å²) < 4.78 is 32.1. The Hall–Kier alpha value is -2.62. The lowest BCUT2D eigenvalue weighted by atomic mass is 10.2. The standard InChI is InChI=1S/C23H28ClN3O5S/c1-25(2)18-8-6-17(7-9-18)15-26(3)22(28)16-32-23(29)20-14-19(10-11-21(20)24)33(30,31)27-12-4-5-13-27/h6-11,14H,4-5,12-13,15-16H2,1-3H3. The molecule has 33 heavy (non-hydrogen) atoms. The lowest BCUT2D eigenvalue weighted by Crippen LogP contribution is -2.31. The highest BCUT2D eigenvalue weighted by Gasteiger charge is 2.28. The number of likely N-dealkylation sites (N-methyl/N-ethyl adjacent to an activating group) is 1. The number of carbonyl (C=O) groups is 2. The second-order valence-corrected chi connectivity index (χ2v) is 10.5. The summed E-state index contributed by atoms with van der Waals surface area (Å²) in [6.45, 7) is 0.770. The molecule has 0 N–H and O–H groups in total. The first-order valence-corrected chi connectivity index (χ1v) is 12.4. The van der Waals surface area contributed by atoms with Crippen LogP contribution < -0.4 is 4.90 Å². The van der Waals surface area contributed by atoms with Crippen molar-refractivity contribution in [3.8, 4) is 0 Å². The predicted octanol–water partition coefficient (Wildman–Crippen LogP) is 3.01. The van der Waals surface area contributed by atoms with Gasteiger partial charge in [0.05, 0.1) is 15.5 Å². The Labute approximate surface area is 199 Å². The maximum Gasteiger partial charge on any atom is 0.340 e. The summed E-state index contributed by atoms with van der Waals surface area (Å²) in [5.74, 6) is -1.24. The molecule has 0 unspecified atom stereocenters. The van der Waals surface area contributed by atoms with Crippen LogP contribution in [0.5, 0.6) is 0 Å². The van der Waals surface area contributed by atoms with Crippen molar-refractivity contribution in [1.29, 1.82) is 0 Å². The topological polar surface area (TPSA) is 87.2 Å². The van der Waals surface area contributed by atoms with Crippen LogP contribution in [0.15, 0.2) is 47.4 Å². The fourth-order valence-corrected chi connectivity index (χ4v) is 5.21. The minimum Gasteiger partial charge on any atom is -0.452 e. The summed E-state index contributed by atoms with van der Waals surface area (Å²) in [6.07, 6.45) is 1.61. The summed E-state index contributed by atoms with van der Waals surface area (Å²) >= 11 is 6.11. The molecule has 1 heterocycles. The predicted molar refractivity (Wildman–Crippen MR) is 127 cm³/mol. The van der Waals surface area contributed by atoms with Crippen molar-refractivity contribution >= 4 is 39.2 Å². The van der Waals surface area contributed by atoms with Gasteiger partial charge >= 0.3 is 5.97 Å². The lowest BCUT2D eigenvalue weighted by molar-refractivity contribution is -0.133. The first kappa shape index (κ1) is 25.0. The third-order valence-corrected chi connectivity index (χ3v) is 7.71. The number of nitrogens with zero attached hydrogens (tertiary/aromatic N) is 3. The van der Waals surface area contributed by atoms with Gasteiger partial charge in [-0.05, 0) is 48.7 Å². The fourth-order valence-electron chi connectivity index (χ4n) is 3.48. The molecule has 8 nitrogen and oxygen atoms in total. The molecule has 0 spiro atoms. The van der Waals surface area contributed by atoms with Gasteiger partial charge < -0.3 is 14.5 Å². The van der Waals surface area contributed by atoms with Crippen LogP contribution in [0.4, 0.5) is 5.69 Å². The summed E-state index contributed by atoms with van der Waals surface area (Å²) in [6, 6.07) is 11.7. The van der Waals surface area contributed by atoms with Crippen LogP contribution in [-0.4, -0.2) is 70.3 Å². The van der Waals surface area contributed by atoms with Crippen LogP contribution in [0.2, 0.25) is 5.02 Å². The Morgan fingerprint density at radius 1 is 1.03 bits per heavy atom. The van der Waals surface area contributed by atoms with Gasteiger partial charge in [-0.25, -0.2) is 13.2 Å². The largest absolute Gasteiger partial charge is 0.452 e. The lowest BCUT2D eigenvalue weighted by Gasteiger charge is -2.19. The molecule has 0 radical (unpaired) electrons. The molecule has 3 rings (SSSR count). The third kappa shape index (κ3) is 6.04. The summed E-state index contributed by atoms with van der Waals surface area (Å²) in [5.41, 5.74) is 1.89. The van der Waals surface area contributed by atoms with Gasteiger partial charge in [0.1, 0.15) is 0 Å². The molecule has 1 aliphatic rings. The first-order valence-electron chi connectivity index (χ1n) is 10.6. The van der Waals surface area contributed by atoms with Crippen LogP contribution in [0.1, 0.15) is 28.8 Å². The van der Waals surface area contributed by atoms with Crippen LogP contribution in [0.3, 0.4) is 0 Å².